The minimum atomic E-state index is -1.23. The van der Waals surface area contributed by atoms with Crippen LogP contribution >= 0.6 is 11.8 Å². The van der Waals surface area contributed by atoms with Gasteiger partial charge in [0.25, 0.3) is 0 Å². The number of para-hydroxylation sites is 2. The summed E-state index contributed by atoms with van der Waals surface area (Å²) in [7, 11) is 0. The highest BCUT2D eigenvalue weighted by Gasteiger charge is 2.23. The van der Waals surface area contributed by atoms with Crippen molar-refractivity contribution in [3.63, 3.8) is 0 Å². The number of nitrogens with two attached hydrogens (primary N) is 1. The number of rotatable bonds is 11. The van der Waals surface area contributed by atoms with Crippen molar-refractivity contribution in [3.8, 4) is 0 Å². The van der Waals surface area contributed by atoms with E-state index in [-0.39, 0.29) is 18.6 Å². The molecule has 0 aliphatic rings. The number of carbonyl (C=O) groups excluding carboxylic acids is 2. The minimum Gasteiger partial charge on any atom is -0.480 e. The Kier molecular flexibility index (Phi) is 8.39. The quantitative estimate of drug-likeness (QED) is 0.199. The Balaban J connectivity index is 1.82. The molecular weight excluding hydrogens is 460 g/mol. The van der Waals surface area contributed by atoms with E-state index in [0.717, 1.165) is 26.7 Å². The van der Waals surface area contributed by atoms with Crippen molar-refractivity contribution in [2.45, 2.75) is 29.8 Å². The van der Waals surface area contributed by atoms with E-state index in [9.17, 15) is 19.2 Å². The Bertz CT molecular complexity index is 1180. The molecule has 0 unspecified atom stereocenters. The summed E-state index contributed by atoms with van der Waals surface area (Å²) < 4.78 is 0. The van der Waals surface area contributed by atoms with Crippen LogP contribution in [0.1, 0.15) is 12.8 Å². The zero-order valence-electron chi connectivity index (χ0n) is 18.1. The summed E-state index contributed by atoms with van der Waals surface area (Å²) in [6.07, 6.45) is -0.292. The number of fused-ring (bicyclic) bond motifs is 2. The third-order valence-electron chi connectivity index (χ3n) is 5.00. The maximum atomic E-state index is 12.6. The van der Waals surface area contributed by atoms with Crippen LogP contribution in [0.15, 0.2) is 53.4 Å². The van der Waals surface area contributed by atoms with Crippen LogP contribution in [-0.4, -0.2) is 63.3 Å². The van der Waals surface area contributed by atoms with Gasteiger partial charge in [-0.1, -0.05) is 36.4 Å². The molecule has 0 aliphatic carbocycles. The molecule has 11 heteroatoms. The fourth-order valence-electron chi connectivity index (χ4n) is 3.27. The van der Waals surface area contributed by atoms with Gasteiger partial charge in [0.1, 0.15) is 18.6 Å². The molecule has 2 aromatic carbocycles. The molecule has 1 aromatic heterocycles. The van der Waals surface area contributed by atoms with Crippen LogP contribution in [0.5, 0.6) is 0 Å². The fourth-order valence-corrected chi connectivity index (χ4v) is 4.49. The van der Waals surface area contributed by atoms with Crippen molar-refractivity contribution < 1.29 is 29.4 Å². The molecule has 0 saturated heterocycles. The number of carboxylic acid groups (broad SMARTS) is 2. The molecule has 10 nitrogen and oxygen atoms in total. The van der Waals surface area contributed by atoms with Crippen molar-refractivity contribution in [1.82, 2.24) is 15.6 Å². The lowest BCUT2D eigenvalue weighted by Gasteiger charge is -2.19. The average Bonchev–Trinajstić information content (AvgIpc) is 2.82. The lowest BCUT2D eigenvalue weighted by atomic mass is 10.1. The molecule has 2 atom stereocenters. The summed E-state index contributed by atoms with van der Waals surface area (Å²) in [5.41, 5.74) is 7.00. The molecule has 3 rings (SSSR count). The molecule has 6 N–H and O–H groups in total. The van der Waals surface area contributed by atoms with Crippen LogP contribution in [0, 0.1) is 0 Å². The Labute approximate surface area is 198 Å². The number of benzene rings is 2. The molecule has 0 radical (unpaired) electrons. The van der Waals surface area contributed by atoms with E-state index in [2.05, 4.69) is 15.6 Å². The molecular formula is C23H24N4O6S. The molecule has 0 saturated carbocycles. The number of nitrogens with zero attached hydrogens (tertiary/aromatic N) is 1. The number of hydrogen-bond acceptors (Lipinski definition) is 7. The Hall–Kier alpha value is -3.70. The molecule has 34 heavy (non-hydrogen) atoms. The fraction of sp³-hybridized carbons (Fsp3) is 0.261. The van der Waals surface area contributed by atoms with Crippen molar-refractivity contribution in [2.75, 3.05) is 12.3 Å². The van der Waals surface area contributed by atoms with E-state index in [4.69, 9.17) is 15.9 Å². The maximum absolute atomic E-state index is 12.6. The first-order valence-electron chi connectivity index (χ1n) is 10.4. The lowest BCUT2D eigenvalue weighted by Crippen LogP contribution is -2.49. The third-order valence-corrected chi connectivity index (χ3v) is 6.23. The van der Waals surface area contributed by atoms with Gasteiger partial charge in [-0.05, 0) is 18.6 Å². The molecule has 178 valence electrons. The number of carboxylic acids is 2. The van der Waals surface area contributed by atoms with Crippen molar-refractivity contribution >= 4 is 57.3 Å². The van der Waals surface area contributed by atoms with Crippen LogP contribution < -0.4 is 16.4 Å². The van der Waals surface area contributed by atoms with E-state index in [0.29, 0.717) is 0 Å². The van der Waals surface area contributed by atoms with Crippen LogP contribution in [0.2, 0.25) is 0 Å². The Morgan fingerprint density at radius 2 is 1.56 bits per heavy atom. The summed E-state index contributed by atoms with van der Waals surface area (Å²) in [5.74, 6) is -3.55. The van der Waals surface area contributed by atoms with Gasteiger partial charge in [0.05, 0.1) is 11.0 Å². The van der Waals surface area contributed by atoms with Gasteiger partial charge in [0.2, 0.25) is 11.8 Å². The SMILES string of the molecule is N[C@@H](CCC(=O)N[C@@H](CSc1c2ccccc2nc2ccccc12)C(=O)NCC(=O)O)C(=O)O. The number of aliphatic carboxylic acids is 2. The second kappa shape index (κ2) is 11.4. The topological polar surface area (TPSA) is 172 Å². The first kappa shape index (κ1) is 24.9. The lowest BCUT2D eigenvalue weighted by molar-refractivity contribution is -0.139. The van der Waals surface area contributed by atoms with Gasteiger partial charge in [0.15, 0.2) is 0 Å². The first-order chi connectivity index (χ1) is 16.3. The van der Waals surface area contributed by atoms with Gasteiger partial charge in [0, 0.05) is 27.8 Å². The molecule has 0 spiro atoms. The number of aromatic nitrogens is 1. The van der Waals surface area contributed by atoms with E-state index in [1.165, 1.54) is 11.8 Å². The van der Waals surface area contributed by atoms with Crippen LogP contribution in [0.4, 0.5) is 0 Å². The number of pyridine rings is 1. The standard InChI is InChI=1S/C23H24N4O6S/c24-15(23(32)33)9-10-19(28)27-18(22(31)25-11-20(29)30)12-34-21-13-5-1-3-7-16(13)26-17-8-4-2-6-14(17)21/h1-8,15,18H,9-12,24H2,(H,25,31)(H,27,28)(H,29,30)(H,32,33)/t15-,18-/m0/s1. The van der Waals surface area contributed by atoms with Crippen LogP contribution in [0.25, 0.3) is 21.8 Å². The van der Waals surface area contributed by atoms with E-state index in [1.807, 2.05) is 48.5 Å². The summed E-state index contributed by atoms with van der Waals surface area (Å²) in [6, 6.07) is 12.9. The van der Waals surface area contributed by atoms with Gasteiger partial charge in [-0.3, -0.25) is 19.2 Å². The van der Waals surface area contributed by atoms with Gasteiger partial charge in [-0.2, -0.15) is 0 Å². The zero-order valence-corrected chi connectivity index (χ0v) is 18.9. The van der Waals surface area contributed by atoms with Crippen LogP contribution in [0.3, 0.4) is 0 Å². The van der Waals surface area contributed by atoms with Gasteiger partial charge in [-0.25, -0.2) is 4.98 Å². The van der Waals surface area contributed by atoms with E-state index in [1.54, 1.807) is 0 Å². The number of amides is 2. The van der Waals surface area contributed by atoms with Crippen molar-refractivity contribution in [3.05, 3.63) is 48.5 Å². The highest BCUT2D eigenvalue weighted by atomic mass is 32.2. The minimum absolute atomic E-state index is 0.0998. The maximum Gasteiger partial charge on any atom is 0.322 e. The summed E-state index contributed by atoms with van der Waals surface area (Å²) in [5, 5.41) is 24.4. The predicted octanol–water partition coefficient (Wildman–Crippen LogP) is 1.36. The van der Waals surface area contributed by atoms with E-state index >= 15 is 0 Å². The number of hydrogen-bond donors (Lipinski definition) is 5. The van der Waals surface area contributed by atoms with Crippen molar-refractivity contribution in [2.24, 2.45) is 5.73 Å². The van der Waals surface area contributed by atoms with Crippen LogP contribution in [-0.2, 0) is 19.2 Å². The second-order valence-corrected chi connectivity index (χ2v) is 8.53. The zero-order chi connectivity index (χ0) is 24.7. The Morgan fingerprint density at radius 3 is 2.12 bits per heavy atom. The molecule has 0 bridgehead atoms. The summed E-state index contributed by atoms with van der Waals surface area (Å²) in [6.45, 7) is -0.596. The highest BCUT2D eigenvalue weighted by molar-refractivity contribution is 7.99. The van der Waals surface area contributed by atoms with E-state index < -0.39 is 42.4 Å². The van der Waals surface area contributed by atoms with Crippen molar-refractivity contribution in [1.29, 1.82) is 0 Å². The summed E-state index contributed by atoms with van der Waals surface area (Å²) >= 11 is 1.34. The number of carbonyl (C=O) groups is 4. The van der Waals surface area contributed by atoms with Gasteiger partial charge < -0.3 is 26.6 Å². The monoisotopic (exact) mass is 484 g/mol. The molecule has 1 heterocycles. The normalized spacial score (nSPS) is 12.7. The molecule has 0 fully saturated rings. The Morgan fingerprint density at radius 1 is 0.971 bits per heavy atom. The largest absolute Gasteiger partial charge is 0.480 e. The number of nitrogens with one attached hydrogen (secondary N) is 2. The number of thioether (sulfide) groups is 1. The molecule has 3 aromatic rings. The van der Waals surface area contributed by atoms with Gasteiger partial charge in [-0.15, -0.1) is 11.8 Å². The molecule has 0 aliphatic heterocycles. The average molecular weight is 485 g/mol. The highest BCUT2D eigenvalue weighted by Crippen LogP contribution is 2.34. The van der Waals surface area contributed by atoms with Gasteiger partial charge >= 0.3 is 11.9 Å². The molecule has 2 amide bonds. The first-order valence-corrected chi connectivity index (χ1v) is 11.4. The smallest absolute Gasteiger partial charge is 0.322 e. The third kappa shape index (κ3) is 6.42. The predicted molar refractivity (Wildman–Crippen MR) is 127 cm³/mol. The second-order valence-electron chi connectivity index (χ2n) is 7.50. The summed E-state index contributed by atoms with van der Waals surface area (Å²) in [4.78, 5) is 52.3.